The second-order valence-electron chi connectivity index (χ2n) is 8.14. The van der Waals surface area contributed by atoms with Gasteiger partial charge in [-0.3, -0.25) is 0 Å². The molecule has 1 aliphatic heterocycles. The Kier molecular flexibility index (Phi) is 6.73. The molecule has 2 rings (SSSR count). The summed E-state index contributed by atoms with van der Waals surface area (Å²) in [4.78, 5) is 18.4. The molecule has 2 N–H and O–H groups in total. The van der Waals surface area contributed by atoms with Crippen molar-refractivity contribution >= 4 is 11.8 Å². The summed E-state index contributed by atoms with van der Waals surface area (Å²) in [5, 5.41) is 0. The van der Waals surface area contributed by atoms with Crippen molar-refractivity contribution in [2.45, 2.75) is 71.9 Å². The quantitative estimate of drug-likeness (QED) is 0.854. The summed E-state index contributed by atoms with van der Waals surface area (Å²) in [6, 6.07) is 2.11. The highest BCUT2D eigenvalue weighted by Gasteiger charge is 2.31. The molecule has 0 saturated carbocycles. The van der Waals surface area contributed by atoms with Crippen LogP contribution >= 0.6 is 0 Å². The van der Waals surface area contributed by atoms with E-state index in [0.717, 1.165) is 37.8 Å². The van der Waals surface area contributed by atoms with Crippen LogP contribution in [-0.2, 0) is 11.2 Å². The molecule has 1 aromatic heterocycles. The lowest BCUT2D eigenvalue weighted by molar-refractivity contribution is 0.00612. The van der Waals surface area contributed by atoms with Gasteiger partial charge in [-0.2, -0.15) is 0 Å². The van der Waals surface area contributed by atoms with Crippen LogP contribution in [-0.4, -0.2) is 40.8 Å². The normalized spacial score (nSPS) is 20.7. The molecular weight excluding hydrogens is 330 g/mol. The predicted molar refractivity (Wildman–Crippen MR) is 103 cm³/mol. The van der Waals surface area contributed by atoms with E-state index in [0.29, 0.717) is 24.1 Å². The molecular formula is C20H33N3O3. The second-order valence-corrected chi connectivity index (χ2v) is 8.14. The number of hydrogen-bond donors (Lipinski definition) is 1. The van der Waals surface area contributed by atoms with Gasteiger partial charge in [0.25, 0.3) is 0 Å². The predicted octanol–water partition coefficient (Wildman–Crippen LogP) is 4.03. The summed E-state index contributed by atoms with van der Waals surface area (Å²) >= 11 is 0. The number of anilines is 1. The minimum absolute atomic E-state index is 0.185. The number of nitrogens with zero attached hydrogens (tertiary/aromatic N) is 2. The molecule has 1 aliphatic rings. The minimum atomic E-state index is -0.454. The Labute approximate surface area is 157 Å². The van der Waals surface area contributed by atoms with Gasteiger partial charge in [-0.1, -0.05) is 6.92 Å². The zero-order valence-electron chi connectivity index (χ0n) is 16.7. The van der Waals surface area contributed by atoms with Crippen LogP contribution in [0.4, 0.5) is 10.5 Å². The van der Waals surface area contributed by atoms with E-state index in [-0.39, 0.29) is 12.1 Å². The number of likely N-dealkylation sites (tertiary alicyclic amines) is 1. The third-order valence-electron chi connectivity index (χ3n) is 4.71. The van der Waals surface area contributed by atoms with Gasteiger partial charge >= 0.3 is 6.09 Å². The first-order valence-electron chi connectivity index (χ1n) is 9.56. The Morgan fingerprint density at radius 2 is 2.15 bits per heavy atom. The molecule has 2 atom stereocenters. The number of ether oxygens (including phenoxy) is 2. The second kappa shape index (κ2) is 8.60. The van der Waals surface area contributed by atoms with Crippen molar-refractivity contribution in [3.63, 3.8) is 0 Å². The molecule has 146 valence electrons. The molecule has 1 amide bonds. The lowest BCUT2D eigenvalue weighted by Crippen LogP contribution is -2.46. The summed E-state index contributed by atoms with van der Waals surface area (Å²) in [6.45, 7) is 11.2. The molecule has 1 fully saturated rings. The standard InChI is InChI=1S/C20H33N3O3/c1-6-16-12-17(21)13-22-18(16)25-10-8-15-7-9-23(14(2)11-15)19(24)26-20(3,4)5/h12-15H,6-11,21H2,1-5H3. The highest BCUT2D eigenvalue weighted by molar-refractivity contribution is 5.68. The first-order chi connectivity index (χ1) is 12.2. The number of aryl methyl sites for hydroxylation is 1. The van der Waals surface area contributed by atoms with Crippen LogP contribution in [0.15, 0.2) is 12.3 Å². The van der Waals surface area contributed by atoms with Gasteiger partial charge in [-0.05, 0) is 65.4 Å². The fraction of sp³-hybridized carbons (Fsp3) is 0.700. The fourth-order valence-corrected chi connectivity index (χ4v) is 3.35. The van der Waals surface area contributed by atoms with Crippen molar-refractivity contribution in [2.24, 2.45) is 5.92 Å². The number of carbonyl (C=O) groups excluding carboxylic acids is 1. The number of nitrogen functional groups attached to an aromatic ring is 1. The number of rotatable bonds is 5. The molecule has 6 nitrogen and oxygen atoms in total. The van der Waals surface area contributed by atoms with Gasteiger partial charge in [0.05, 0.1) is 18.5 Å². The van der Waals surface area contributed by atoms with Gasteiger partial charge in [-0.15, -0.1) is 0 Å². The molecule has 0 aromatic carbocycles. The van der Waals surface area contributed by atoms with E-state index in [4.69, 9.17) is 15.2 Å². The van der Waals surface area contributed by atoms with Crippen molar-refractivity contribution in [3.05, 3.63) is 17.8 Å². The molecule has 0 spiro atoms. The lowest BCUT2D eigenvalue weighted by Gasteiger charge is -2.38. The Hall–Kier alpha value is -1.98. The van der Waals surface area contributed by atoms with Gasteiger partial charge in [0.15, 0.2) is 0 Å². The average Bonchev–Trinajstić information content (AvgIpc) is 2.54. The van der Waals surface area contributed by atoms with Gasteiger partial charge < -0.3 is 20.1 Å². The van der Waals surface area contributed by atoms with Crippen LogP contribution in [0, 0.1) is 5.92 Å². The van der Waals surface area contributed by atoms with Gasteiger partial charge in [0.1, 0.15) is 5.60 Å². The van der Waals surface area contributed by atoms with E-state index in [2.05, 4.69) is 18.8 Å². The first kappa shape index (κ1) is 20.3. The highest BCUT2D eigenvalue weighted by Crippen LogP contribution is 2.27. The van der Waals surface area contributed by atoms with E-state index in [1.165, 1.54) is 0 Å². The molecule has 26 heavy (non-hydrogen) atoms. The largest absolute Gasteiger partial charge is 0.477 e. The first-order valence-corrected chi connectivity index (χ1v) is 9.56. The van der Waals surface area contributed by atoms with Crippen molar-refractivity contribution < 1.29 is 14.3 Å². The maximum absolute atomic E-state index is 12.3. The molecule has 1 saturated heterocycles. The van der Waals surface area contributed by atoms with Crippen molar-refractivity contribution in [2.75, 3.05) is 18.9 Å². The molecule has 2 unspecified atom stereocenters. The van der Waals surface area contributed by atoms with Gasteiger partial charge in [-0.25, -0.2) is 9.78 Å². The molecule has 0 radical (unpaired) electrons. The Bertz CT molecular complexity index is 613. The van der Waals surface area contributed by atoms with Crippen molar-refractivity contribution in [3.8, 4) is 5.88 Å². The van der Waals surface area contributed by atoms with Crippen molar-refractivity contribution in [1.82, 2.24) is 9.88 Å². The maximum Gasteiger partial charge on any atom is 0.410 e. The van der Waals surface area contributed by atoms with Crippen molar-refractivity contribution in [1.29, 1.82) is 0 Å². The Morgan fingerprint density at radius 1 is 1.42 bits per heavy atom. The van der Waals surface area contributed by atoms with Crippen LogP contribution in [0.25, 0.3) is 0 Å². The van der Waals surface area contributed by atoms with Crippen LogP contribution in [0.5, 0.6) is 5.88 Å². The highest BCUT2D eigenvalue weighted by atomic mass is 16.6. The van der Waals surface area contributed by atoms with E-state index >= 15 is 0 Å². The Morgan fingerprint density at radius 3 is 2.77 bits per heavy atom. The van der Waals surface area contributed by atoms with E-state index in [1.807, 2.05) is 31.7 Å². The maximum atomic E-state index is 12.3. The summed E-state index contributed by atoms with van der Waals surface area (Å²) in [7, 11) is 0. The fourth-order valence-electron chi connectivity index (χ4n) is 3.35. The van der Waals surface area contributed by atoms with Gasteiger partial charge in [0, 0.05) is 18.2 Å². The minimum Gasteiger partial charge on any atom is -0.477 e. The average molecular weight is 364 g/mol. The number of pyridine rings is 1. The van der Waals surface area contributed by atoms with Gasteiger partial charge in [0.2, 0.25) is 5.88 Å². The Balaban J connectivity index is 1.80. The summed E-state index contributed by atoms with van der Waals surface area (Å²) in [5.74, 6) is 1.23. The third kappa shape index (κ3) is 5.78. The summed E-state index contributed by atoms with van der Waals surface area (Å²) in [5.41, 5.74) is 7.03. The molecule has 6 heteroatoms. The number of amides is 1. The zero-order chi connectivity index (χ0) is 19.3. The molecule has 0 aliphatic carbocycles. The molecule has 2 heterocycles. The van der Waals surface area contributed by atoms with Crippen LogP contribution in [0.2, 0.25) is 0 Å². The topological polar surface area (TPSA) is 77.7 Å². The van der Waals surface area contributed by atoms with Crippen LogP contribution < -0.4 is 10.5 Å². The zero-order valence-corrected chi connectivity index (χ0v) is 16.7. The SMILES string of the molecule is CCc1cc(N)cnc1OCCC1CCN(C(=O)OC(C)(C)C)C(C)C1. The summed E-state index contributed by atoms with van der Waals surface area (Å²) in [6.07, 6.45) is 5.18. The number of aromatic nitrogens is 1. The third-order valence-corrected chi connectivity index (χ3v) is 4.71. The van der Waals surface area contributed by atoms with Crippen LogP contribution in [0.3, 0.4) is 0 Å². The van der Waals surface area contributed by atoms with E-state index < -0.39 is 5.60 Å². The molecule has 0 bridgehead atoms. The monoisotopic (exact) mass is 363 g/mol. The van der Waals surface area contributed by atoms with Crippen LogP contribution in [0.1, 0.15) is 59.4 Å². The number of nitrogens with two attached hydrogens (primary N) is 1. The number of hydrogen-bond acceptors (Lipinski definition) is 5. The lowest BCUT2D eigenvalue weighted by atomic mass is 9.89. The number of carbonyl (C=O) groups is 1. The summed E-state index contributed by atoms with van der Waals surface area (Å²) < 4.78 is 11.4. The smallest absolute Gasteiger partial charge is 0.410 e. The van der Waals surface area contributed by atoms with E-state index in [9.17, 15) is 4.79 Å². The van der Waals surface area contributed by atoms with E-state index in [1.54, 1.807) is 6.20 Å². The molecule has 1 aromatic rings. The number of piperidine rings is 1.